The number of nitrogens with one attached hydrogen (secondary N) is 1. The lowest BCUT2D eigenvalue weighted by atomic mass is 9.88. The van der Waals surface area contributed by atoms with Crippen molar-refractivity contribution in [2.45, 2.75) is 63.6 Å². The second-order valence-electron chi connectivity index (χ2n) is 5.43. The highest BCUT2D eigenvalue weighted by Gasteiger charge is 2.45. The van der Waals surface area contributed by atoms with Gasteiger partial charge in [-0.15, -0.1) is 0 Å². The standard InChI is InChI=1S/C11H20F2N2O2/c1-10(2,3)17-9(16)15-7-5-4-6-11(12,13)8(7)14/h7-8H,4-6,14H2,1-3H3,(H,15,16)/t7?,8-/m1/s1. The molecule has 2 atom stereocenters. The van der Waals surface area contributed by atoms with Crippen LogP contribution in [0.1, 0.15) is 40.0 Å². The van der Waals surface area contributed by atoms with Crippen LogP contribution in [0, 0.1) is 0 Å². The molecule has 0 radical (unpaired) electrons. The molecule has 1 fully saturated rings. The molecular weight excluding hydrogens is 230 g/mol. The number of alkyl carbamates (subject to hydrolysis) is 1. The zero-order valence-electron chi connectivity index (χ0n) is 10.4. The van der Waals surface area contributed by atoms with E-state index in [1.54, 1.807) is 20.8 Å². The monoisotopic (exact) mass is 250 g/mol. The fourth-order valence-corrected chi connectivity index (χ4v) is 1.82. The van der Waals surface area contributed by atoms with Crippen molar-refractivity contribution < 1.29 is 18.3 Å². The first kappa shape index (κ1) is 14.2. The van der Waals surface area contributed by atoms with Crippen LogP contribution in [0.3, 0.4) is 0 Å². The Kier molecular flexibility index (Phi) is 3.96. The fourth-order valence-electron chi connectivity index (χ4n) is 1.82. The number of ether oxygens (including phenoxy) is 1. The van der Waals surface area contributed by atoms with Crippen LogP contribution in [0.25, 0.3) is 0 Å². The molecule has 100 valence electrons. The zero-order chi connectivity index (χ0) is 13.3. The van der Waals surface area contributed by atoms with Gasteiger partial charge in [0.05, 0.1) is 12.1 Å². The maximum Gasteiger partial charge on any atom is 0.407 e. The average molecular weight is 250 g/mol. The first-order chi connectivity index (χ1) is 7.62. The highest BCUT2D eigenvalue weighted by molar-refractivity contribution is 5.68. The molecule has 6 heteroatoms. The molecule has 1 aliphatic carbocycles. The third-order valence-electron chi connectivity index (χ3n) is 2.65. The third kappa shape index (κ3) is 4.11. The third-order valence-corrected chi connectivity index (χ3v) is 2.65. The summed E-state index contributed by atoms with van der Waals surface area (Å²) in [6.07, 6.45) is -0.117. The van der Waals surface area contributed by atoms with E-state index in [9.17, 15) is 13.6 Å². The van der Waals surface area contributed by atoms with Crippen molar-refractivity contribution in [1.82, 2.24) is 5.32 Å². The smallest absolute Gasteiger partial charge is 0.407 e. The van der Waals surface area contributed by atoms with Crippen molar-refractivity contribution in [3.05, 3.63) is 0 Å². The second-order valence-corrected chi connectivity index (χ2v) is 5.43. The molecule has 0 bridgehead atoms. The van der Waals surface area contributed by atoms with Crippen LogP contribution in [-0.4, -0.2) is 29.7 Å². The number of halogens is 2. The van der Waals surface area contributed by atoms with E-state index in [0.717, 1.165) is 0 Å². The van der Waals surface area contributed by atoms with Gasteiger partial charge in [0.25, 0.3) is 5.92 Å². The van der Waals surface area contributed by atoms with Gasteiger partial charge in [0.15, 0.2) is 0 Å². The number of hydrogen-bond acceptors (Lipinski definition) is 3. The quantitative estimate of drug-likeness (QED) is 0.748. The maximum atomic E-state index is 13.3. The van der Waals surface area contributed by atoms with Gasteiger partial charge in [-0.2, -0.15) is 0 Å². The lowest BCUT2D eigenvalue weighted by Crippen LogP contribution is -2.59. The second kappa shape index (κ2) is 4.76. The summed E-state index contributed by atoms with van der Waals surface area (Å²) in [4.78, 5) is 11.4. The Morgan fingerprint density at radius 3 is 2.59 bits per heavy atom. The molecule has 0 aromatic carbocycles. The predicted molar refractivity (Wildman–Crippen MR) is 59.9 cm³/mol. The molecule has 0 aliphatic heterocycles. The minimum Gasteiger partial charge on any atom is -0.444 e. The first-order valence-electron chi connectivity index (χ1n) is 5.75. The first-order valence-corrected chi connectivity index (χ1v) is 5.75. The molecule has 0 heterocycles. The summed E-state index contributed by atoms with van der Waals surface area (Å²) in [5.41, 5.74) is 4.80. The van der Waals surface area contributed by atoms with E-state index in [1.807, 2.05) is 0 Å². The molecule has 1 aliphatic rings. The van der Waals surface area contributed by atoms with E-state index < -0.39 is 29.7 Å². The molecule has 0 aromatic heterocycles. The molecule has 1 saturated carbocycles. The van der Waals surface area contributed by atoms with E-state index >= 15 is 0 Å². The minimum absolute atomic E-state index is 0.222. The average Bonchev–Trinajstić information content (AvgIpc) is 2.09. The number of rotatable bonds is 1. The van der Waals surface area contributed by atoms with Gasteiger partial charge in [-0.25, -0.2) is 13.6 Å². The van der Waals surface area contributed by atoms with Crippen LogP contribution in [0.15, 0.2) is 0 Å². The molecule has 1 unspecified atom stereocenters. The van der Waals surface area contributed by atoms with E-state index in [0.29, 0.717) is 12.8 Å². The predicted octanol–water partition coefficient (Wildman–Crippen LogP) is 2.03. The Hall–Kier alpha value is -0.910. The zero-order valence-corrected chi connectivity index (χ0v) is 10.4. The molecule has 3 N–H and O–H groups in total. The van der Waals surface area contributed by atoms with Crippen LogP contribution in [0.4, 0.5) is 13.6 Å². The Bertz CT molecular complexity index is 290. The molecule has 1 rings (SSSR count). The van der Waals surface area contributed by atoms with Crippen LogP contribution in [-0.2, 0) is 4.74 Å². The molecule has 0 spiro atoms. The molecule has 4 nitrogen and oxygen atoms in total. The van der Waals surface area contributed by atoms with Gasteiger partial charge in [0.2, 0.25) is 0 Å². The number of amides is 1. The van der Waals surface area contributed by atoms with Gasteiger partial charge < -0.3 is 15.8 Å². The summed E-state index contributed by atoms with van der Waals surface area (Å²) in [5.74, 6) is -2.92. The van der Waals surface area contributed by atoms with Crippen LogP contribution >= 0.6 is 0 Å². The summed E-state index contributed by atoms with van der Waals surface area (Å²) >= 11 is 0. The molecule has 17 heavy (non-hydrogen) atoms. The number of alkyl halides is 2. The van der Waals surface area contributed by atoms with Crippen molar-refractivity contribution in [2.24, 2.45) is 5.73 Å². The summed E-state index contributed by atoms with van der Waals surface area (Å²) in [6, 6.07) is -2.07. The van der Waals surface area contributed by atoms with Crippen molar-refractivity contribution in [3.63, 3.8) is 0 Å². The molecule has 0 aromatic rings. The Morgan fingerprint density at radius 2 is 2.06 bits per heavy atom. The number of hydrogen-bond donors (Lipinski definition) is 2. The Labute approximate surface area is 99.9 Å². The van der Waals surface area contributed by atoms with E-state index in [2.05, 4.69) is 5.32 Å². The summed E-state index contributed by atoms with van der Waals surface area (Å²) in [6.45, 7) is 5.13. The van der Waals surface area contributed by atoms with E-state index in [1.165, 1.54) is 0 Å². The van der Waals surface area contributed by atoms with Gasteiger partial charge in [0, 0.05) is 6.42 Å². The van der Waals surface area contributed by atoms with Gasteiger partial charge in [0.1, 0.15) is 5.60 Å². The van der Waals surface area contributed by atoms with E-state index in [4.69, 9.17) is 10.5 Å². The SMILES string of the molecule is CC(C)(C)OC(=O)NC1CCCC(F)(F)[C@@H]1N. The lowest BCUT2D eigenvalue weighted by Gasteiger charge is -2.36. The highest BCUT2D eigenvalue weighted by atomic mass is 19.3. The van der Waals surface area contributed by atoms with Crippen molar-refractivity contribution in [3.8, 4) is 0 Å². The van der Waals surface area contributed by atoms with Crippen molar-refractivity contribution in [1.29, 1.82) is 0 Å². The minimum atomic E-state index is -2.92. The summed E-state index contributed by atoms with van der Waals surface area (Å²) in [7, 11) is 0. The van der Waals surface area contributed by atoms with Crippen LogP contribution < -0.4 is 11.1 Å². The van der Waals surface area contributed by atoms with Crippen LogP contribution in [0.5, 0.6) is 0 Å². The summed E-state index contributed by atoms with van der Waals surface area (Å²) in [5, 5.41) is 2.41. The number of carbonyl (C=O) groups is 1. The van der Waals surface area contributed by atoms with E-state index in [-0.39, 0.29) is 6.42 Å². The largest absolute Gasteiger partial charge is 0.444 e. The Morgan fingerprint density at radius 1 is 1.47 bits per heavy atom. The van der Waals surface area contributed by atoms with Crippen molar-refractivity contribution in [2.75, 3.05) is 0 Å². The summed E-state index contributed by atoms with van der Waals surface area (Å²) < 4.78 is 31.6. The topological polar surface area (TPSA) is 64.3 Å². The van der Waals surface area contributed by atoms with Gasteiger partial charge in [-0.05, 0) is 33.6 Å². The van der Waals surface area contributed by atoms with Gasteiger partial charge in [-0.1, -0.05) is 0 Å². The Balaban J connectivity index is 2.54. The maximum absolute atomic E-state index is 13.3. The fraction of sp³-hybridized carbons (Fsp3) is 0.909. The molecular formula is C11H20F2N2O2. The number of carbonyl (C=O) groups excluding carboxylic acids is 1. The number of nitrogens with two attached hydrogens (primary N) is 1. The van der Waals surface area contributed by atoms with Crippen molar-refractivity contribution >= 4 is 6.09 Å². The van der Waals surface area contributed by atoms with Crippen LogP contribution in [0.2, 0.25) is 0 Å². The van der Waals surface area contributed by atoms with Gasteiger partial charge in [-0.3, -0.25) is 0 Å². The molecule has 0 saturated heterocycles. The highest BCUT2D eigenvalue weighted by Crippen LogP contribution is 2.32. The molecule has 1 amide bonds. The lowest BCUT2D eigenvalue weighted by molar-refractivity contribution is -0.0629. The van der Waals surface area contributed by atoms with Gasteiger partial charge >= 0.3 is 6.09 Å². The normalized spacial score (nSPS) is 28.6.